The summed E-state index contributed by atoms with van der Waals surface area (Å²) in [7, 11) is 2.90. The van der Waals surface area contributed by atoms with Gasteiger partial charge < -0.3 is 38.6 Å². The molecule has 2 atom stereocenters. The Morgan fingerprint density at radius 2 is 1.77 bits per heavy atom. The van der Waals surface area contributed by atoms with Crippen LogP contribution in [0.15, 0.2) is 62.5 Å². The van der Waals surface area contributed by atoms with Gasteiger partial charge in [-0.05, 0) is 44.2 Å². The molecule has 10 heteroatoms. The molecule has 3 heterocycles. The van der Waals surface area contributed by atoms with Gasteiger partial charge in [-0.15, -0.1) is 0 Å². The molecule has 0 spiro atoms. The summed E-state index contributed by atoms with van der Waals surface area (Å²) in [6.07, 6.45) is -2.31. The first-order valence-corrected chi connectivity index (χ1v) is 12.2. The van der Waals surface area contributed by atoms with Gasteiger partial charge in [-0.2, -0.15) is 0 Å². The van der Waals surface area contributed by atoms with Gasteiger partial charge >= 0.3 is 5.63 Å². The van der Waals surface area contributed by atoms with Crippen LogP contribution in [0, 0.1) is 0 Å². The van der Waals surface area contributed by atoms with Crippen molar-refractivity contribution < 1.29 is 33.6 Å². The smallest absolute Gasteiger partial charge is 0.336 e. The summed E-state index contributed by atoms with van der Waals surface area (Å²) < 4.78 is 29.0. The number of fused-ring (bicyclic) bond motifs is 5. The molecule has 1 aliphatic heterocycles. The molecule has 5 aromatic rings. The predicted octanol–water partition coefficient (Wildman–Crippen LogP) is 4.16. The summed E-state index contributed by atoms with van der Waals surface area (Å²) in [5, 5.41) is 22.9. The van der Waals surface area contributed by atoms with Crippen LogP contribution < -0.4 is 30.0 Å². The third-order valence-electron chi connectivity index (χ3n) is 7.09. The van der Waals surface area contributed by atoms with Crippen LogP contribution in [0.1, 0.15) is 25.5 Å². The number of aliphatic hydroxyl groups excluding tert-OH is 1. The highest BCUT2D eigenvalue weighted by Crippen LogP contribution is 2.47. The lowest BCUT2D eigenvalue weighted by Gasteiger charge is -2.41. The molecule has 10 nitrogen and oxygen atoms in total. The molecule has 0 radical (unpaired) electrons. The number of aromatic hydroxyl groups is 1. The fourth-order valence-corrected chi connectivity index (χ4v) is 5.09. The van der Waals surface area contributed by atoms with Crippen LogP contribution in [0.4, 0.5) is 0 Å². The Hall–Kier alpha value is -4.70. The van der Waals surface area contributed by atoms with Crippen LogP contribution in [0.25, 0.3) is 32.8 Å². The minimum atomic E-state index is -1.22. The third-order valence-corrected chi connectivity index (χ3v) is 7.09. The number of aromatic nitrogens is 1. The van der Waals surface area contributed by atoms with Crippen molar-refractivity contribution >= 4 is 32.8 Å². The van der Waals surface area contributed by atoms with Crippen molar-refractivity contribution in [3.8, 4) is 28.7 Å². The van der Waals surface area contributed by atoms with Crippen molar-refractivity contribution in [2.75, 3.05) is 14.2 Å². The summed E-state index contributed by atoms with van der Waals surface area (Å²) in [6.45, 7) is 3.43. The lowest BCUT2D eigenvalue weighted by Crippen LogP contribution is -2.50. The number of phenols is 1. The van der Waals surface area contributed by atoms with Crippen LogP contribution in [-0.4, -0.2) is 41.1 Å². The van der Waals surface area contributed by atoms with E-state index in [4.69, 9.17) is 23.4 Å². The van der Waals surface area contributed by atoms with Crippen molar-refractivity contribution in [3.05, 3.63) is 74.7 Å². The standard InChI is InChI=1S/C29H25NO9/c1-29(2)28(34)27(22-18(39-29)8-5-13-6-10-20(32)37-25(13)22)38-26-19(36-4)9-7-15-23(26)30-16-11-14(35-3)12-17(31)21(16)24(15)33/h5-12,27-28,31,34H,1-4H3,(H,30,33)/t27-,28-/m0/s1. The molecule has 3 N–H and O–H groups in total. The highest BCUT2D eigenvalue weighted by Gasteiger charge is 2.46. The number of H-pyrrole nitrogens is 1. The maximum absolute atomic E-state index is 13.5. The zero-order chi connectivity index (χ0) is 27.6. The summed E-state index contributed by atoms with van der Waals surface area (Å²) in [4.78, 5) is 28.8. The number of hydrogen-bond donors (Lipinski definition) is 3. The van der Waals surface area contributed by atoms with E-state index in [1.807, 2.05) is 0 Å². The van der Waals surface area contributed by atoms with E-state index < -0.39 is 28.9 Å². The number of ether oxygens (including phenoxy) is 4. The molecule has 0 fully saturated rings. The van der Waals surface area contributed by atoms with Gasteiger partial charge in [-0.1, -0.05) is 0 Å². The van der Waals surface area contributed by atoms with Gasteiger partial charge in [0.05, 0.1) is 41.6 Å². The molecule has 6 rings (SSSR count). The fraction of sp³-hybridized carbons (Fsp3) is 0.241. The number of rotatable bonds is 4. The molecule has 0 saturated carbocycles. The Morgan fingerprint density at radius 3 is 2.51 bits per heavy atom. The Balaban J connectivity index is 1.64. The van der Waals surface area contributed by atoms with E-state index in [9.17, 15) is 19.8 Å². The largest absolute Gasteiger partial charge is 0.507 e. The SMILES string of the molecule is COc1cc(O)c2c(=O)c3ccc(OC)c(O[C@H]4c5c(ccc6ccc(=O)oc56)OC(C)(C)[C@H]4O)c3[nH]c2c1. The molecule has 0 unspecified atom stereocenters. The minimum absolute atomic E-state index is 0.0877. The van der Waals surface area contributed by atoms with E-state index in [0.29, 0.717) is 28.0 Å². The van der Waals surface area contributed by atoms with E-state index in [0.717, 1.165) is 0 Å². The van der Waals surface area contributed by atoms with Crippen molar-refractivity contribution in [2.45, 2.75) is 31.7 Å². The van der Waals surface area contributed by atoms with E-state index in [1.54, 1.807) is 50.2 Å². The van der Waals surface area contributed by atoms with Gasteiger partial charge in [0.1, 0.15) is 34.5 Å². The molecule has 1 aliphatic rings. The molecule has 0 saturated heterocycles. The van der Waals surface area contributed by atoms with Crippen molar-refractivity contribution in [1.82, 2.24) is 4.98 Å². The van der Waals surface area contributed by atoms with Crippen molar-refractivity contribution in [3.63, 3.8) is 0 Å². The quantitative estimate of drug-likeness (QED) is 0.230. The van der Waals surface area contributed by atoms with E-state index >= 15 is 0 Å². The first-order chi connectivity index (χ1) is 18.6. The fourth-order valence-electron chi connectivity index (χ4n) is 5.09. The Labute approximate surface area is 220 Å². The van der Waals surface area contributed by atoms with Gasteiger partial charge in [0.2, 0.25) is 5.43 Å². The summed E-state index contributed by atoms with van der Waals surface area (Å²) >= 11 is 0. The second-order valence-corrected chi connectivity index (χ2v) is 9.88. The highest BCUT2D eigenvalue weighted by atomic mass is 16.6. The van der Waals surface area contributed by atoms with E-state index in [2.05, 4.69) is 4.98 Å². The lowest BCUT2D eigenvalue weighted by atomic mass is 9.87. The van der Waals surface area contributed by atoms with Gasteiger partial charge in [0.25, 0.3) is 0 Å². The van der Waals surface area contributed by atoms with Crippen molar-refractivity contribution in [2.24, 2.45) is 0 Å². The number of hydrogen-bond acceptors (Lipinski definition) is 9. The lowest BCUT2D eigenvalue weighted by molar-refractivity contribution is -0.102. The number of aliphatic hydroxyl groups is 1. The molecule has 0 aliphatic carbocycles. The number of aromatic amines is 1. The summed E-state index contributed by atoms with van der Waals surface area (Å²) in [6, 6.07) is 12.5. The molecule has 0 amide bonds. The monoisotopic (exact) mass is 531 g/mol. The first-order valence-electron chi connectivity index (χ1n) is 12.2. The highest BCUT2D eigenvalue weighted by molar-refractivity contribution is 5.99. The summed E-state index contributed by atoms with van der Waals surface area (Å²) in [5.41, 5.74) is -0.938. The zero-order valence-corrected chi connectivity index (χ0v) is 21.5. The van der Waals surface area contributed by atoms with Gasteiger partial charge in [0.15, 0.2) is 17.6 Å². The molecule has 39 heavy (non-hydrogen) atoms. The normalized spacial score (nSPS) is 18.1. The molecule has 0 bridgehead atoms. The summed E-state index contributed by atoms with van der Waals surface area (Å²) in [5.74, 6) is 0.911. The van der Waals surface area contributed by atoms with E-state index in [1.165, 1.54) is 26.4 Å². The molecular formula is C29H25NO9. The number of methoxy groups -OCH3 is 2. The molecule has 3 aromatic carbocycles. The number of nitrogens with one attached hydrogen (secondary N) is 1. The van der Waals surface area contributed by atoms with Crippen LogP contribution in [0.2, 0.25) is 0 Å². The van der Waals surface area contributed by atoms with Crippen LogP contribution in [0.5, 0.6) is 28.7 Å². The average molecular weight is 532 g/mol. The second kappa shape index (κ2) is 8.67. The maximum atomic E-state index is 13.5. The number of benzene rings is 3. The second-order valence-electron chi connectivity index (χ2n) is 9.88. The van der Waals surface area contributed by atoms with E-state index in [-0.39, 0.29) is 39.1 Å². The Bertz CT molecular complexity index is 1900. The topological polar surface area (TPSA) is 140 Å². The maximum Gasteiger partial charge on any atom is 0.336 e. The number of phenolic OH excluding ortho intramolecular Hbond substituents is 1. The van der Waals surface area contributed by atoms with Gasteiger partial charge in [-0.3, -0.25) is 4.79 Å². The van der Waals surface area contributed by atoms with Gasteiger partial charge in [-0.25, -0.2) is 4.79 Å². The molecule has 2 aromatic heterocycles. The molecular weight excluding hydrogens is 506 g/mol. The first kappa shape index (κ1) is 24.6. The predicted molar refractivity (Wildman–Crippen MR) is 143 cm³/mol. The molecule has 200 valence electrons. The van der Waals surface area contributed by atoms with Crippen LogP contribution in [0.3, 0.4) is 0 Å². The van der Waals surface area contributed by atoms with Gasteiger partial charge in [0, 0.05) is 23.6 Å². The zero-order valence-electron chi connectivity index (χ0n) is 21.5. The van der Waals surface area contributed by atoms with Crippen LogP contribution in [-0.2, 0) is 0 Å². The van der Waals surface area contributed by atoms with Crippen LogP contribution >= 0.6 is 0 Å². The Kier molecular flexibility index (Phi) is 5.47. The average Bonchev–Trinajstić information content (AvgIpc) is 2.90. The van der Waals surface area contributed by atoms with Crippen molar-refractivity contribution in [1.29, 1.82) is 0 Å². The Morgan fingerprint density at radius 1 is 1.00 bits per heavy atom. The number of pyridine rings is 1. The third kappa shape index (κ3) is 3.75. The minimum Gasteiger partial charge on any atom is -0.507 e.